The summed E-state index contributed by atoms with van der Waals surface area (Å²) in [5.74, 6) is 0.977. The molecule has 8 nitrogen and oxygen atoms in total. The number of nitrogens with zero attached hydrogens (tertiary/aromatic N) is 2. The first-order valence-electron chi connectivity index (χ1n) is 11.5. The fraction of sp³-hybridized carbons (Fsp3) is 0.625. The molecule has 2 unspecified atom stereocenters. The zero-order valence-corrected chi connectivity index (χ0v) is 19.7. The monoisotopic (exact) mass is 443 g/mol. The van der Waals surface area contributed by atoms with Crippen LogP contribution in [0, 0.1) is 11.3 Å². The highest BCUT2D eigenvalue weighted by atomic mass is 16.5. The number of amides is 2. The molecule has 2 heterocycles. The molecule has 1 aromatic rings. The second-order valence-electron chi connectivity index (χ2n) is 9.64. The van der Waals surface area contributed by atoms with Crippen LogP contribution in [0.1, 0.15) is 49.5 Å². The molecule has 32 heavy (non-hydrogen) atoms. The van der Waals surface area contributed by atoms with Crippen molar-refractivity contribution < 1.29 is 14.3 Å². The van der Waals surface area contributed by atoms with Gasteiger partial charge >= 0.3 is 0 Å². The van der Waals surface area contributed by atoms with Gasteiger partial charge in [-0.3, -0.25) is 14.6 Å². The molecule has 0 bridgehead atoms. The van der Waals surface area contributed by atoms with Gasteiger partial charge in [-0.05, 0) is 36.0 Å². The predicted octanol–water partition coefficient (Wildman–Crippen LogP) is 1.76. The number of carbonyl (C=O) groups excluding carboxylic acids is 2. The van der Waals surface area contributed by atoms with Crippen LogP contribution in [0.4, 0.5) is 0 Å². The van der Waals surface area contributed by atoms with Crippen molar-refractivity contribution in [1.82, 2.24) is 20.9 Å². The molecule has 3 rings (SSSR count). The van der Waals surface area contributed by atoms with Gasteiger partial charge < -0.3 is 25.6 Å². The smallest absolute Gasteiger partial charge is 0.254 e. The van der Waals surface area contributed by atoms with Gasteiger partial charge in [0.2, 0.25) is 5.91 Å². The van der Waals surface area contributed by atoms with Crippen LogP contribution in [0.25, 0.3) is 0 Å². The number of hydrogen-bond donors (Lipinski definition) is 3. The first-order chi connectivity index (χ1) is 15.3. The number of carbonyl (C=O) groups is 2. The molecule has 8 heteroatoms. The molecule has 0 aromatic heterocycles. The highest BCUT2D eigenvalue weighted by Gasteiger charge is 2.35. The van der Waals surface area contributed by atoms with Gasteiger partial charge in [0.15, 0.2) is 5.96 Å². The van der Waals surface area contributed by atoms with E-state index in [1.807, 2.05) is 24.3 Å². The van der Waals surface area contributed by atoms with E-state index in [2.05, 4.69) is 41.7 Å². The van der Waals surface area contributed by atoms with Crippen LogP contribution in [0.2, 0.25) is 0 Å². The molecule has 2 saturated heterocycles. The fourth-order valence-corrected chi connectivity index (χ4v) is 4.40. The van der Waals surface area contributed by atoms with Gasteiger partial charge in [-0.1, -0.05) is 32.9 Å². The summed E-state index contributed by atoms with van der Waals surface area (Å²) in [5, 5.41) is 9.53. The number of aliphatic imine (C=N–C) groups is 1. The molecular formula is C24H37N5O3. The van der Waals surface area contributed by atoms with Crippen molar-refractivity contribution in [3.63, 3.8) is 0 Å². The van der Waals surface area contributed by atoms with Gasteiger partial charge in [0.1, 0.15) is 0 Å². The largest absolute Gasteiger partial charge is 0.377 e. The minimum absolute atomic E-state index is 0.111. The summed E-state index contributed by atoms with van der Waals surface area (Å²) in [7, 11) is 1.77. The van der Waals surface area contributed by atoms with Crippen LogP contribution in [0.15, 0.2) is 29.3 Å². The van der Waals surface area contributed by atoms with E-state index in [4.69, 9.17) is 4.74 Å². The minimum Gasteiger partial charge on any atom is -0.377 e. The number of ether oxygens (including phenoxy) is 1. The quantitative estimate of drug-likeness (QED) is 0.476. The Morgan fingerprint density at radius 2 is 2.00 bits per heavy atom. The van der Waals surface area contributed by atoms with Crippen LogP contribution in [-0.2, 0) is 16.1 Å². The maximum Gasteiger partial charge on any atom is 0.254 e. The summed E-state index contributed by atoms with van der Waals surface area (Å²) in [4.78, 5) is 30.0. The zero-order chi connectivity index (χ0) is 23.1. The van der Waals surface area contributed by atoms with Crippen molar-refractivity contribution in [2.24, 2.45) is 16.3 Å². The highest BCUT2D eigenvalue weighted by molar-refractivity contribution is 5.97. The fourth-order valence-electron chi connectivity index (χ4n) is 4.40. The van der Waals surface area contributed by atoms with Gasteiger partial charge in [0.05, 0.1) is 12.6 Å². The van der Waals surface area contributed by atoms with E-state index in [1.54, 1.807) is 11.9 Å². The molecule has 0 aliphatic carbocycles. The Kier molecular flexibility index (Phi) is 8.12. The Balaban J connectivity index is 1.49. The highest BCUT2D eigenvalue weighted by Crippen LogP contribution is 2.33. The van der Waals surface area contributed by atoms with Gasteiger partial charge in [-0.2, -0.15) is 0 Å². The molecule has 2 aliphatic rings. The number of guanidine groups is 1. The van der Waals surface area contributed by atoms with Crippen molar-refractivity contribution in [2.75, 3.05) is 39.8 Å². The molecule has 2 fully saturated rings. The van der Waals surface area contributed by atoms with Crippen LogP contribution >= 0.6 is 0 Å². The van der Waals surface area contributed by atoms with E-state index in [0.29, 0.717) is 31.1 Å². The molecule has 0 radical (unpaired) electrons. The van der Waals surface area contributed by atoms with E-state index in [1.165, 1.54) is 0 Å². The number of rotatable bonds is 5. The molecule has 3 N–H and O–H groups in total. The van der Waals surface area contributed by atoms with Crippen molar-refractivity contribution in [1.29, 1.82) is 0 Å². The van der Waals surface area contributed by atoms with Crippen LogP contribution < -0.4 is 16.0 Å². The lowest BCUT2D eigenvalue weighted by Gasteiger charge is -2.40. The molecule has 2 aliphatic heterocycles. The Morgan fingerprint density at radius 1 is 1.25 bits per heavy atom. The van der Waals surface area contributed by atoms with Crippen LogP contribution in [0.5, 0.6) is 0 Å². The summed E-state index contributed by atoms with van der Waals surface area (Å²) in [6.07, 6.45) is 2.48. The first kappa shape index (κ1) is 24.0. The molecule has 176 valence electrons. The third kappa shape index (κ3) is 6.45. The second-order valence-corrected chi connectivity index (χ2v) is 9.64. The van der Waals surface area contributed by atoms with Gasteiger partial charge in [0, 0.05) is 51.3 Å². The van der Waals surface area contributed by atoms with Crippen LogP contribution in [-0.4, -0.2) is 68.6 Å². The molecule has 2 atom stereocenters. The summed E-state index contributed by atoms with van der Waals surface area (Å²) >= 11 is 0. The Morgan fingerprint density at radius 3 is 2.66 bits per heavy atom. The Bertz CT molecular complexity index is 816. The van der Waals surface area contributed by atoms with Crippen molar-refractivity contribution >= 4 is 17.8 Å². The number of nitrogens with one attached hydrogen (secondary N) is 3. The lowest BCUT2D eigenvalue weighted by Crippen LogP contribution is -2.49. The predicted molar refractivity (Wildman–Crippen MR) is 125 cm³/mol. The van der Waals surface area contributed by atoms with Crippen molar-refractivity contribution in [3.05, 3.63) is 35.4 Å². The SMILES string of the molecule is CN=C(NCc1ccc(C(=O)N2CCNC(=O)C2)cc1)NCC1CCCOC1C(C)(C)C. The number of piperazine rings is 1. The van der Waals surface area contributed by atoms with E-state index >= 15 is 0 Å². The standard InChI is InChI=1S/C24H37N5O3/c1-24(2,3)21-19(6-5-13-32-21)15-28-23(25-4)27-14-17-7-9-18(10-8-17)22(31)29-12-11-26-20(30)16-29/h7-10,19,21H,5-6,11-16H2,1-4H3,(H,26,30)(H2,25,27,28). The third-order valence-electron chi connectivity index (χ3n) is 6.04. The van der Waals surface area contributed by atoms with E-state index < -0.39 is 0 Å². The summed E-state index contributed by atoms with van der Waals surface area (Å²) in [6.45, 7) is 10.1. The van der Waals surface area contributed by atoms with Crippen LogP contribution in [0.3, 0.4) is 0 Å². The molecule has 0 spiro atoms. The van der Waals surface area contributed by atoms with Gasteiger partial charge in [-0.15, -0.1) is 0 Å². The lowest BCUT2D eigenvalue weighted by atomic mass is 9.78. The molecule has 2 amide bonds. The molecular weight excluding hydrogens is 406 g/mol. The summed E-state index contributed by atoms with van der Waals surface area (Å²) in [6, 6.07) is 7.50. The van der Waals surface area contributed by atoms with Crippen molar-refractivity contribution in [3.8, 4) is 0 Å². The average molecular weight is 444 g/mol. The lowest BCUT2D eigenvalue weighted by molar-refractivity contribution is -0.123. The zero-order valence-electron chi connectivity index (χ0n) is 19.7. The van der Waals surface area contributed by atoms with Crippen molar-refractivity contribution in [2.45, 2.75) is 46.3 Å². The maximum atomic E-state index is 12.6. The summed E-state index contributed by atoms with van der Waals surface area (Å²) in [5.41, 5.74) is 1.76. The third-order valence-corrected chi connectivity index (χ3v) is 6.04. The average Bonchev–Trinajstić information content (AvgIpc) is 2.78. The molecule has 1 aromatic carbocycles. The van der Waals surface area contributed by atoms with E-state index in [-0.39, 0.29) is 29.9 Å². The Labute approximate surface area is 191 Å². The topological polar surface area (TPSA) is 95.1 Å². The Hall–Kier alpha value is -2.61. The minimum atomic E-state index is -0.113. The van der Waals surface area contributed by atoms with E-state index in [9.17, 15) is 9.59 Å². The summed E-state index contributed by atoms with van der Waals surface area (Å²) < 4.78 is 6.08. The maximum absolute atomic E-state index is 12.6. The van der Waals surface area contributed by atoms with Gasteiger partial charge in [0.25, 0.3) is 5.91 Å². The second kappa shape index (κ2) is 10.8. The first-order valence-corrected chi connectivity index (χ1v) is 11.5. The number of hydrogen-bond acceptors (Lipinski definition) is 4. The van der Waals surface area contributed by atoms with E-state index in [0.717, 1.165) is 37.5 Å². The molecule has 0 saturated carbocycles. The van der Waals surface area contributed by atoms with Gasteiger partial charge in [-0.25, -0.2) is 0 Å². The number of benzene rings is 1. The normalized spacial score (nSPS) is 22.3.